The van der Waals surface area contributed by atoms with Crippen molar-refractivity contribution >= 4 is 17.3 Å². The van der Waals surface area contributed by atoms with Crippen molar-refractivity contribution in [1.29, 1.82) is 0 Å². The molecule has 0 unspecified atom stereocenters. The highest BCUT2D eigenvalue weighted by Crippen LogP contribution is 2.12. The lowest BCUT2D eigenvalue weighted by Crippen LogP contribution is -2.33. The highest BCUT2D eigenvalue weighted by Gasteiger charge is 2.18. The molecule has 8 nitrogen and oxygen atoms in total. The van der Waals surface area contributed by atoms with Gasteiger partial charge in [-0.3, -0.25) is 9.78 Å². The van der Waals surface area contributed by atoms with E-state index in [0.717, 1.165) is 0 Å². The molecule has 0 radical (unpaired) electrons. The van der Waals surface area contributed by atoms with Crippen LogP contribution in [0, 0.1) is 0 Å². The van der Waals surface area contributed by atoms with E-state index in [9.17, 15) is 4.79 Å². The highest BCUT2D eigenvalue weighted by atomic mass is 16.4. The van der Waals surface area contributed by atoms with E-state index in [1.165, 1.54) is 6.20 Å². The fourth-order valence-corrected chi connectivity index (χ4v) is 1.87. The summed E-state index contributed by atoms with van der Waals surface area (Å²) in [7, 11) is 0. The number of carbonyl (C=O) groups excluding carboxylic acids is 1. The number of rotatable bonds is 5. The van der Waals surface area contributed by atoms with E-state index in [1.807, 2.05) is 6.92 Å². The number of carbonyl (C=O) groups is 1. The van der Waals surface area contributed by atoms with Crippen molar-refractivity contribution in [2.24, 2.45) is 10.9 Å². The third kappa shape index (κ3) is 2.68. The van der Waals surface area contributed by atoms with Crippen LogP contribution in [0.2, 0.25) is 0 Å². The van der Waals surface area contributed by atoms with Crippen molar-refractivity contribution in [3.8, 4) is 0 Å². The minimum Gasteiger partial charge on any atom is -0.409 e. The van der Waals surface area contributed by atoms with Crippen molar-refractivity contribution in [3.05, 3.63) is 30.4 Å². The van der Waals surface area contributed by atoms with E-state index < -0.39 is 0 Å². The third-order valence-corrected chi connectivity index (χ3v) is 2.99. The fourth-order valence-electron chi connectivity index (χ4n) is 1.87. The first-order chi connectivity index (χ1) is 9.67. The van der Waals surface area contributed by atoms with Crippen LogP contribution in [0.3, 0.4) is 0 Å². The Bertz CT molecular complexity index is 636. The molecule has 3 N–H and O–H groups in total. The summed E-state index contributed by atoms with van der Waals surface area (Å²) in [6.07, 6.45) is 6.71. The van der Waals surface area contributed by atoms with Gasteiger partial charge in [0, 0.05) is 31.9 Å². The van der Waals surface area contributed by atoms with Crippen LogP contribution < -0.4 is 5.73 Å². The van der Waals surface area contributed by atoms with Crippen molar-refractivity contribution < 1.29 is 10.0 Å². The Balaban J connectivity index is 2.20. The van der Waals surface area contributed by atoms with Crippen molar-refractivity contribution in [1.82, 2.24) is 19.5 Å². The Hall–Kier alpha value is -2.64. The van der Waals surface area contributed by atoms with Gasteiger partial charge in [-0.1, -0.05) is 5.16 Å². The molecule has 2 aromatic heterocycles. The number of hydrogen-bond acceptors (Lipinski definition) is 5. The van der Waals surface area contributed by atoms with Crippen LogP contribution in [0.4, 0.5) is 0 Å². The molecule has 2 aromatic rings. The monoisotopic (exact) mass is 276 g/mol. The van der Waals surface area contributed by atoms with E-state index in [4.69, 9.17) is 10.9 Å². The van der Waals surface area contributed by atoms with Crippen LogP contribution in [0.15, 0.2) is 29.9 Å². The second-order valence-corrected chi connectivity index (χ2v) is 4.19. The number of nitrogens with two attached hydrogens (primary N) is 1. The van der Waals surface area contributed by atoms with Crippen LogP contribution in [0.5, 0.6) is 0 Å². The molecule has 0 atom stereocenters. The van der Waals surface area contributed by atoms with E-state index in [1.54, 1.807) is 28.0 Å². The SMILES string of the molecule is CCN(CC/C(N)=N/O)C(=O)c1cnn2ccncc12. The number of hydrogen-bond donors (Lipinski definition) is 2. The molecule has 0 aromatic carbocycles. The van der Waals surface area contributed by atoms with Gasteiger partial charge in [0.05, 0.1) is 23.5 Å². The van der Waals surface area contributed by atoms with E-state index in [-0.39, 0.29) is 11.7 Å². The van der Waals surface area contributed by atoms with Crippen LogP contribution in [-0.2, 0) is 0 Å². The number of oxime groups is 1. The zero-order valence-corrected chi connectivity index (χ0v) is 11.1. The van der Waals surface area contributed by atoms with Crippen LogP contribution in [-0.4, -0.2) is 49.5 Å². The molecule has 0 saturated carbocycles. The lowest BCUT2D eigenvalue weighted by Gasteiger charge is -2.19. The molecule has 0 spiro atoms. The van der Waals surface area contributed by atoms with Crippen molar-refractivity contribution in [3.63, 3.8) is 0 Å². The second kappa shape index (κ2) is 6.00. The number of amides is 1. The Morgan fingerprint density at radius 2 is 2.35 bits per heavy atom. The summed E-state index contributed by atoms with van der Waals surface area (Å²) >= 11 is 0. The Labute approximate surface area is 115 Å². The van der Waals surface area contributed by atoms with Gasteiger partial charge in [0.15, 0.2) is 0 Å². The zero-order valence-electron chi connectivity index (χ0n) is 11.1. The molecule has 0 aliphatic rings. The first-order valence-electron chi connectivity index (χ1n) is 6.20. The van der Waals surface area contributed by atoms with Gasteiger partial charge in [0.25, 0.3) is 5.91 Å². The number of aromatic nitrogens is 3. The summed E-state index contributed by atoms with van der Waals surface area (Å²) in [5.74, 6) is -0.0565. The second-order valence-electron chi connectivity index (χ2n) is 4.19. The molecular weight excluding hydrogens is 260 g/mol. The first-order valence-corrected chi connectivity index (χ1v) is 6.20. The molecule has 0 aliphatic carbocycles. The average molecular weight is 276 g/mol. The van der Waals surface area contributed by atoms with Crippen LogP contribution >= 0.6 is 0 Å². The maximum absolute atomic E-state index is 12.5. The summed E-state index contributed by atoms with van der Waals surface area (Å²) in [4.78, 5) is 18.1. The van der Waals surface area contributed by atoms with E-state index in [2.05, 4.69) is 15.2 Å². The van der Waals surface area contributed by atoms with Gasteiger partial charge in [-0.2, -0.15) is 5.10 Å². The first kappa shape index (κ1) is 13.8. The minimum atomic E-state index is -0.152. The normalized spacial score (nSPS) is 11.8. The topological polar surface area (TPSA) is 109 Å². The van der Waals surface area contributed by atoms with Gasteiger partial charge >= 0.3 is 0 Å². The molecule has 0 saturated heterocycles. The number of fused-ring (bicyclic) bond motifs is 1. The summed E-state index contributed by atoms with van der Waals surface area (Å²) in [6, 6.07) is 0. The molecule has 0 aliphatic heterocycles. The molecule has 2 rings (SSSR count). The summed E-state index contributed by atoms with van der Waals surface area (Å²) in [5, 5.41) is 15.5. The average Bonchev–Trinajstić information content (AvgIpc) is 2.91. The quantitative estimate of drug-likeness (QED) is 0.354. The fraction of sp³-hybridized carbons (Fsp3) is 0.333. The van der Waals surface area contributed by atoms with Gasteiger partial charge < -0.3 is 15.8 Å². The number of nitrogens with zero attached hydrogens (tertiary/aromatic N) is 5. The standard InChI is InChI=1S/C12H16N6O2/c1-2-17(5-3-11(13)16-20)12(19)9-7-15-18-6-4-14-8-10(9)18/h4,6-8,20H,2-3,5H2,1H3,(H2,13,16). The van der Waals surface area contributed by atoms with Gasteiger partial charge in [0.2, 0.25) is 0 Å². The lowest BCUT2D eigenvalue weighted by molar-refractivity contribution is 0.0770. The molecular formula is C12H16N6O2. The number of amidine groups is 1. The largest absolute Gasteiger partial charge is 0.409 e. The predicted molar refractivity (Wildman–Crippen MR) is 72.6 cm³/mol. The van der Waals surface area contributed by atoms with Crippen molar-refractivity contribution in [2.45, 2.75) is 13.3 Å². The highest BCUT2D eigenvalue weighted by molar-refractivity contribution is 6.00. The molecule has 8 heteroatoms. The maximum atomic E-state index is 12.5. The van der Waals surface area contributed by atoms with E-state index >= 15 is 0 Å². The van der Waals surface area contributed by atoms with E-state index in [0.29, 0.717) is 30.6 Å². The molecule has 0 bridgehead atoms. The van der Waals surface area contributed by atoms with Gasteiger partial charge in [-0.15, -0.1) is 0 Å². The molecule has 106 valence electrons. The smallest absolute Gasteiger partial charge is 0.257 e. The zero-order chi connectivity index (χ0) is 14.5. The molecule has 20 heavy (non-hydrogen) atoms. The lowest BCUT2D eigenvalue weighted by atomic mass is 10.2. The van der Waals surface area contributed by atoms with Gasteiger partial charge in [-0.25, -0.2) is 4.52 Å². The van der Waals surface area contributed by atoms with Crippen LogP contribution in [0.25, 0.3) is 5.52 Å². The summed E-state index contributed by atoms with van der Waals surface area (Å²) in [5.41, 5.74) is 6.56. The van der Waals surface area contributed by atoms with Crippen molar-refractivity contribution in [2.75, 3.05) is 13.1 Å². The van der Waals surface area contributed by atoms with Crippen LogP contribution in [0.1, 0.15) is 23.7 Å². The Morgan fingerprint density at radius 1 is 1.55 bits per heavy atom. The Morgan fingerprint density at radius 3 is 3.05 bits per heavy atom. The minimum absolute atomic E-state index is 0.0952. The molecule has 2 heterocycles. The predicted octanol–water partition coefficient (Wildman–Crippen LogP) is 0.328. The maximum Gasteiger partial charge on any atom is 0.257 e. The Kier molecular flexibility index (Phi) is 4.14. The summed E-state index contributed by atoms with van der Waals surface area (Å²) in [6.45, 7) is 2.77. The van der Waals surface area contributed by atoms with Gasteiger partial charge in [-0.05, 0) is 6.92 Å². The third-order valence-electron chi connectivity index (χ3n) is 2.99. The summed E-state index contributed by atoms with van der Waals surface area (Å²) < 4.78 is 1.59. The van der Waals surface area contributed by atoms with Gasteiger partial charge in [0.1, 0.15) is 5.84 Å². The molecule has 1 amide bonds. The molecule has 0 fully saturated rings.